The summed E-state index contributed by atoms with van der Waals surface area (Å²) in [5.74, 6) is 0. The zero-order chi connectivity index (χ0) is 6.41. The third-order valence-electron chi connectivity index (χ3n) is 0.940. The predicted octanol–water partition coefficient (Wildman–Crippen LogP) is -1.08. The van der Waals surface area contributed by atoms with E-state index in [2.05, 4.69) is 5.32 Å². The molecule has 0 radical (unpaired) electrons. The van der Waals surface area contributed by atoms with Crippen LogP contribution in [0.2, 0.25) is 0 Å². The maximum Gasteiger partial charge on any atom is 0.0676 e. The molecule has 0 rings (SSSR count). The summed E-state index contributed by atoms with van der Waals surface area (Å²) >= 11 is 0. The first-order valence-electron chi connectivity index (χ1n) is 2.84. The zero-order valence-corrected chi connectivity index (χ0v) is 5.22. The van der Waals surface area contributed by atoms with Crippen LogP contribution >= 0.6 is 0 Å². The Kier molecular flexibility index (Phi) is 4.95. The van der Waals surface area contributed by atoms with Gasteiger partial charge in [-0.15, -0.1) is 0 Å². The van der Waals surface area contributed by atoms with Crippen molar-refractivity contribution in [2.45, 2.75) is 12.5 Å². The smallest absolute Gasteiger partial charge is 0.0676 e. The van der Waals surface area contributed by atoms with Gasteiger partial charge in [0.25, 0.3) is 0 Å². The van der Waals surface area contributed by atoms with Crippen molar-refractivity contribution >= 4 is 0 Å². The first kappa shape index (κ1) is 7.88. The fourth-order valence-electron chi connectivity index (χ4n) is 0.530. The zero-order valence-electron chi connectivity index (χ0n) is 5.22. The van der Waals surface area contributed by atoms with E-state index in [4.69, 9.17) is 10.8 Å². The second kappa shape index (κ2) is 5.03. The minimum atomic E-state index is -0.273. The van der Waals surface area contributed by atoms with Crippen molar-refractivity contribution in [2.24, 2.45) is 5.73 Å². The van der Waals surface area contributed by atoms with Crippen molar-refractivity contribution in [1.82, 2.24) is 5.32 Å². The minimum absolute atomic E-state index is 0.273. The van der Waals surface area contributed by atoms with Gasteiger partial charge < -0.3 is 16.2 Å². The fourth-order valence-corrected chi connectivity index (χ4v) is 0.530. The summed E-state index contributed by atoms with van der Waals surface area (Å²) in [5.41, 5.74) is 5.17. The van der Waals surface area contributed by atoms with E-state index in [1.54, 1.807) is 7.05 Å². The Balaban J connectivity index is 2.92. The molecule has 3 heteroatoms. The molecule has 0 bridgehead atoms. The van der Waals surface area contributed by atoms with Crippen LogP contribution in [-0.2, 0) is 0 Å². The van der Waals surface area contributed by atoms with E-state index < -0.39 is 0 Å². The molecule has 1 unspecified atom stereocenters. The first-order valence-corrected chi connectivity index (χ1v) is 2.84. The molecule has 4 N–H and O–H groups in total. The molecular formula is C5H14N2O. The Morgan fingerprint density at radius 2 is 2.38 bits per heavy atom. The third-order valence-corrected chi connectivity index (χ3v) is 0.940. The summed E-state index contributed by atoms with van der Waals surface area (Å²) in [7, 11) is 1.81. The van der Waals surface area contributed by atoms with Gasteiger partial charge in [-0.1, -0.05) is 0 Å². The minimum Gasteiger partial charge on any atom is -0.392 e. The highest BCUT2D eigenvalue weighted by Gasteiger charge is 1.97. The Labute approximate surface area is 49.9 Å². The van der Waals surface area contributed by atoms with E-state index in [9.17, 15) is 0 Å². The van der Waals surface area contributed by atoms with Gasteiger partial charge >= 0.3 is 0 Å². The van der Waals surface area contributed by atoms with Crippen molar-refractivity contribution in [3.63, 3.8) is 0 Å². The van der Waals surface area contributed by atoms with Crippen LogP contribution in [0.5, 0.6) is 0 Å². The highest BCUT2D eigenvalue weighted by molar-refractivity contribution is 4.56. The fraction of sp³-hybridized carbons (Fsp3) is 1.00. The molecule has 0 spiro atoms. The monoisotopic (exact) mass is 118 g/mol. The number of nitrogens with two attached hydrogens (primary N) is 1. The number of aliphatic hydroxyl groups excluding tert-OH is 1. The van der Waals surface area contributed by atoms with Crippen LogP contribution in [0.1, 0.15) is 6.42 Å². The molecular weight excluding hydrogens is 104 g/mol. The maximum atomic E-state index is 8.91. The molecule has 0 amide bonds. The van der Waals surface area contributed by atoms with Crippen LogP contribution in [-0.4, -0.2) is 31.3 Å². The van der Waals surface area contributed by atoms with Gasteiger partial charge in [0.1, 0.15) is 0 Å². The molecule has 0 aromatic rings. The number of nitrogens with one attached hydrogen (secondary N) is 1. The molecule has 1 atom stereocenters. The number of hydrogen-bond acceptors (Lipinski definition) is 3. The van der Waals surface area contributed by atoms with Crippen molar-refractivity contribution < 1.29 is 5.11 Å². The van der Waals surface area contributed by atoms with Crippen molar-refractivity contribution in [3.05, 3.63) is 0 Å². The Hall–Kier alpha value is -0.120. The van der Waals surface area contributed by atoms with E-state index in [-0.39, 0.29) is 6.10 Å². The van der Waals surface area contributed by atoms with E-state index >= 15 is 0 Å². The van der Waals surface area contributed by atoms with Gasteiger partial charge in [0.2, 0.25) is 0 Å². The third kappa shape index (κ3) is 4.05. The van der Waals surface area contributed by atoms with Crippen LogP contribution in [0.15, 0.2) is 0 Å². The van der Waals surface area contributed by atoms with Gasteiger partial charge in [-0.3, -0.25) is 0 Å². The molecule has 50 valence electrons. The molecule has 0 aromatic carbocycles. The second-order valence-corrected chi connectivity index (χ2v) is 1.79. The average Bonchev–Trinajstić information content (AvgIpc) is 1.68. The number of hydrogen-bond donors (Lipinski definition) is 3. The standard InChI is InChI=1S/C5H14N2O/c1-7-4-5(8)2-3-6/h5,7-8H,2-4,6H2,1H3. The van der Waals surface area contributed by atoms with Gasteiger partial charge in [0.15, 0.2) is 0 Å². The summed E-state index contributed by atoms with van der Waals surface area (Å²) in [5, 5.41) is 11.8. The summed E-state index contributed by atoms with van der Waals surface area (Å²) < 4.78 is 0. The van der Waals surface area contributed by atoms with Gasteiger partial charge in [-0.2, -0.15) is 0 Å². The number of likely N-dealkylation sites (N-methyl/N-ethyl adjacent to an activating group) is 1. The van der Waals surface area contributed by atoms with E-state index in [1.807, 2.05) is 0 Å². The lowest BCUT2D eigenvalue weighted by molar-refractivity contribution is 0.167. The largest absolute Gasteiger partial charge is 0.392 e. The molecule has 0 aliphatic rings. The molecule has 0 aliphatic carbocycles. The molecule has 0 saturated heterocycles. The van der Waals surface area contributed by atoms with Gasteiger partial charge in [0.05, 0.1) is 6.10 Å². The van der Waals surface area contributed by atoms with Crippen LogP contribution in [0.4, 0.5) is 0 Å². The summed E-state index contributed by atoms with van der Waals surface area (Å²) in [6.07, 6.45) is 0.408. The first-order chi connectivity index (χ1) is 3.81. The maximum absolute atomic E-state index is 8.91. The Morgan fingerprint density at radius 3 is 2.75 bits per heavy atom. The molecule has 0 aliphatic heterocycles. The van der Waals surface area contributed by atoms with Crippen LogP contribution in [0.3, 0.4) is 0 Å². The lowest BCUT2D eigenvalue weighted by Gasteiger charge is -2.05. The van der Waals surface area contributed by atoms with Gasteiger partial charge in [-0.25, -0.2) is 0 Å². The highest BCUT2D eigenvalue weighted by atomic mass is 16.3. The molecule has 0 saturated carbocycles. The van der Waals surface area contributed by atoms with Gasteiger partial charge in [0, 0.05) is 6.54 Å². The molecule has 0 heterocycles. The Morgan fingerprint density at radius 1 is 1.75 bits per heavy atom. The topological polar surface area (TPSA) is 58.3 Å². The Bertz CT molecular complexity index is 43.7. The van der Waals surface area contributed by atoms with Crippen molar-refractivity contribution in [3.8, 4) is 0 Å². The lowest BCUT2D eigenvalue weighted by atomic mass is 10.2. The van der Waals surface area contributed by atoms with E-state index in [0.717, 1.165) is 0 Å². The SMILES string of the molecule is CNCC(O)CCN. The van der Waals surface area contributed by atoms with Crippen LogP contribution in [0.25, 0.3) is 0 Å². The quantitative estimate of drug-likeness (QED) is 0.440. The van der Waals surface area contributed by atoms with E-state index in [0.29, 0.717) is 19.5 Å². The summed E-state index contributed by atoms with van der Waals surface area (Å²) in [4.78, 5) is 0. The summed E-state index contributed by atoms with van der Waals surface area (Å²) in [6.45, 7) is 1.19. The van der Waals surface area contributed by atoms with Crippen molar-refractivity contribution in [2.75, 3.05) is 20.1 Å². The van der Waals surface area contributed by atoms with E-state index in [1.165, 1.54) is 0 Å². The summed E-state index contributed by atoms with van der Waals surface area (Å²) in [6, 6.07) is 0. The number of aliphatic hydroxyl groups is 1. The second-order valence-electron chi connectivity index (χ2n) is 1.79. The molecule has 3 nitrogen and oxygen atoms in total. The lowest BCUT2D eigenvalue weighted by Crippen LogP contribution is -2.25. The van der Waals surface area contributed by atoms with Crippen LogP contribution in [0, 0.1) is 0 Å². The highest BCUT2D eigenvalue weighted by Crippen LogP contribution is 1.83. The van der Waals surface area contributed by atoms with Gasteiger partial charge in [-0.05, 0) is 20.0 Å². The average molecular weight is 118 g/mol. The number of rotatable bonds is 4. The normalized spacial score (nSPS) is 13.9. The van der Waals surface area contributed by atoms with Crippen LogP contribution < -0.4 is 11.1 Å². The molecule has 0 fully saturated rings. The molecule has 8 heavy (non-hydrogen) atoms. The predicted molar refractivity (Wildman–Crippen MR) is 33.6 cm³/mol. The molecule has 0 aromatic heterocycles. The van der Waals surface area contributed by atoms with Crippen molar-refractivity contribution in [1.29, 1.82) is 0 Å².